The van der Waals surface area contributed by atoms with Crippen molar-refractivity contribution in [2.45, 2.75) is 32.7 Å². The van der Waals surface area contributed by atoms with Crippen molar-refractivity contribution in [2.24, 2.45) is 0 Å². The molecule has 2 aromatic rings. The number of Topliss-reactive ketones (excluding diaryl/α,β-unsaturated/α-hetero) is 1. The lowest BCUT2D eigenvalue weighted by Crippen LogP contribution is -2.12. The van der Waals surface area contributed by atoms with Crippen LogP contribution in [0.5, 0.6) is 5.75 Å². The molecule has 0 amide bonds. The first-order valence-corrected chi connectivity index (χ1v) is 7.06. The number of rotatable bonds is 5. The van der Waals surface area contributed by atoms with E-state index in [1.807, 2.05) is 43.3 Å². The molecule has 0 spiro atoms. The van der Waals surface area contributed by atoms with Gasteiger partial charge in [0.05, 0.1) is 0 Å². The molecule has 3 nitrogen and oxygen atoms in total. The number of hydrogen-bond donors (Lipinski definition) is 0. The third-order valence-corrected chi connectivity index (χ3v) is 3.81. The van der Waals surface area contributed by atoms with Gasteiger partial charge in [0.25, 0.3) is 0 Å². The first-order chi connectivity index (χ1) is 9.66. The highest BCUT2D eigenvalue weighted by Gasteiger charge is 2.28. The number of ether oxygens (including phenoxy) is 1. The van der Waals surface area contributed by atoms with E-state index in [1.54, 1.807) is 0 Å². The van der Waals surface area contributed by atoms with Gasteiger partial charge in [-0.3, -0.25) is 4.79 Å². The van der Waals surface area contributed by atoms with Crippen molar-refractivity contribution < 1.29 is 9.53 Å². The fraction of sp³-hybridized carbons (Fsp3) is 0.353. The number of carbonyl (C=O) groups is 1. The van der Waals surface area contributed by atoms with Gasteiger partial charge in [0.2, 0.25) is 5.78 Å². The SMILES string of the molecule is Cc1cc(C(=O)COc2ccccc2)c(C)n1C1CC1. The summed E-state index contributed by atoms with van der Waals surface area (Å²) in [6, 6.07) is 12.0. The summed E-state index contributed by atoms with van der Waals surface area (Å²) in [5.41, 5.74) is 3.05. The Morgan fingerprint density at radius 1 is 1.25 bits per heavy atom. The molecule has 0 atom stereocenters. The Morgan fingerprint density at radius 3 is 2.60 bits per heavy atom. The van der Waals surface area contributed by atoms with E-state index in [2.05, 4.69) is 11.5 Å². The van der Waals surface area contributed by atoms with Crippen LogP contribution in [0.4, 0.5) is 0 Å². The van der Waals surface area contributed by atoms with Crippen LogP contribution in [0.2, 0.25) is 0 Å². The standard InChI is InChI=1S/C17H19NO2/c1-12-10-16(13(2)18(12)14-8-9-14)17(19)11-20-15-6-4-3-5-7-15/h3-7,10,14H,8-9,11H2,1-2H3. The summed E-state index contributed by atoms with van der Waals surface area (Å²) in [5, 5.41) is 0. The molecular weight excluding hydrogens is 250 g/mol. The molecule has 1 saturated carbocycles. The molecule has 1 heterocycles. The second-order valence-corrected chi connectivity index (χ2v) is 5.41. The number of carbonyl (C=O) groups excluding carboxylic acids is 1. The average molecular weight is 269 g/mol. The van der Waals surface area contributed by atoms with Gasteiger partial charge in [0, 0.05) is 23.0 Å². The summed E-state index contributed by atoms with van der Waals surface area (Å²) >= 11 is 0. The largest absolute Gasteiger partial charge is 0.485 e. The van der Waals surface area contributed by atoms with Crippen LogP contribution >= 0.6 is 0 Å². The van der Waals surface area contributed by atoms with Crippen molar-refractivity contribution >= 4 is 5.78 Å². The normalized spacial score (nSPS) is 14.3. The molecule has 1 aliphatic carbocycles. The third-order valence-electron chi connectivity index (χ3n) is 3.81. The second kappa shape index (κ2) is 5.16. The maximum absolute atomic E-state index is 12.3. The molecule has 1 aliphatic rings. The molecule has 1 aromatic carbocycles. The number of ketones is 1. The second-order valence-electron chi connectivity index (χ2n) is 5.41. The van der Waals surface area contributed by atoms with Crippen molar-refractivity contribution in [1.82, 2.24) is 4.57 Å². The molecule has 0 aliphatic heterocycles. The highest BCUT2D eigenvalue weighted by molar-refractivity contribution is 5.98. The Bertz CT molecular complexity index is 624. The quantitative estimate of drug-likeness (QED) is 0.775. The molecule has 1 fully saturated rings. The van der Waals surface area contributed by atoms with E-state index in [9.17, 15) is 4.79 Å². The van der Waals surface area contributed by atoms with Crippen LogP contribution in [0.15, 0.2) is 36.4 Å². The van der Waals surface area contributed by atoms with Crippen LogP contribution in [0.3, 0.4) is 0 Å². The Hall–Kier alpha value is -2.03. The van der Waals surface area contributed by atoms with E-state index in [-0.39, 0.29) is 12.4 Å². The first-order valence-electron chi connectivity index (χ1n) is 7.06. The van der Waals surface area contributed by atoms with Crippen LogP contribution in [-0.4, -0.2) is 17.0 Å². The number of nitrogens with zero attached hydrogens (tertiary/aromatic N) is 1. The molecule has 1 aromatic heterocycles. The van der Waals surface area contributed by atoms with Crippen LogP contribution in [0.25, 0.3) is 0 Å². The Balaban J connectivity index is 1.73. The summed E-state index contributed by atoms with van der Waals surface area (Å²) in [6.07, 6.45) is 2.45. The van der Waals surface area contributed by atoms with Crippen molar-refractivity contribution in [1.29, 1.82) is 0 Å². The van der Waals surface area contributed by atoms with Crippen LogP contribution < -0.4 is 4.74 Å². The molecule has 0 saturated heterocycles. The maximum atomic E-state index is 12.3. The topological polar surface area (TPSA) is 31.2 Å². The molecule has 0 N–H and O–H groups in total. The van der Waals surface area contributed by atoms with E-state index < -0.39 is 0 Å². The van der Waals surface area contributed by atoms with Crippen LogP contribution in [-0.2, 0) is 0 Å². The lowest BCUT2D eigenvalue weighted by Gasteiger charge is -2.08. The number of aromatic nitrogens is 1. The predicted octanol–water partition coefficient (Wildman–Crippen LogP) is 3.70. The van der Waals surface area contributed by atoms with E-state index in [4.69, 9.17) is 4.74 Å². The van der Waals surface area contributed by atoms with Gasteiger partial charge in [0.1, 0.15) is 5.75 Å². The smallest absolute Gasteiger partial charge is 0.202 e. The van der Waals surface area contributed by atoms with E-state index in [0.29, 0.717) is 6.04 Å². The Morgan fingerprint density at radius 2 is 1.95 bits per heavy atom. The van der Waals surface area contributed by atoms with Gasteiger partial charge < -0.3 is 9.30 Å². The zero-order valence-electron chi connectivity index (χ0n) is 11.9. The van der Waals surface area contributed by atoms with Crippen molar-refractivity contribution in [3.63, 3.8) is 0 Å². The molecule has 104 valence electrons. The van der Waals surface area contributed by atoms with Crippen LogP contribution in [0, 0.1) is 13.8 Å². The minimum absolute atomic E-state index is 0.0499. The van der Waals surface area contributed by atoms with Crippen LogP contribution in [0.1, 0.15) is 40.6 Å². The minimum atomic E-state index is 0.0499. The summed E-state index contributed by atoms with van der Waals surface area (Å²) in [5.74, 6) is 0.783. The van der Waals surface area contributed by atoms with Gasteiger partial charge in [-0.2, -0.15) is 0 Å². The number of hydrogen-bond acceptors (Lipinski definition) is 2. The number of aryl methyl sites for hydroxylation is 1. The van der Waals surface area contributed by atoms with Crippen molar-refractivity contribution in [3.05, 3.63) is 53.3 Å². The van der Waals surface area contributed by atoms with Gasteiger partial charge in [-0.05, 0) is 44.9 Å². The van der Waals surface area contributed by atoms with Gasteiger partial charge in [-0.1, -0.05) is 18.2 Å². The summed E-state index contributed by atoms with van der Waals surface area (Å²) < 4.78 is 7.83. The Kier molecular flexibility index (Phi) is 3.35. The van der Waals surface area contributed by atoms with Gasteiger partial charge >= 0.3 is 0 Å². The van der Waals surface area contributed by atoms with Crippen molar-refractivity contribution in [2.75, 3.05) is 6.61 Å². The molecule has 3 heteroatoms. The van der Waals surface area contributed by atoms with Gasteiger partial charge in [-0.25, -0.2) is 0 Å². The molecule has 3 rings (SSSR count). The lowest BCUT2D eigenvalue weighted by atomic mass is 10.1. The Labute approximate surface area is 119 Å². The van der Waals surface area contributed by atoms with E-state index in [1.165, 1.54) is 18.5 Å². The molecule has 0 bridgehead atoms. The zero-order chi connectivity index (χ0) is 14.1. The molecule has 0 radical (unpaired) electrons. The van der Waals surface area contributed by atoms with E-state index in [0.717, 1.165) is 17.0 Å². The van der Waals surface area contributed by atoms with E-state index >= 15 is 0 Å². The fourth-order valence-electron chi connectivity index (χ4n) is 2.70. The summed E-state index contributed by atoms with van der Waals surface area (Å²) in [6.45, 7) is 4.19. The average Bonchev–Trinajstić information content (AvgIpc) is 3.23. The fourth-order valence-corrected chi connectivity index (χ4v) is 2.70. The number of para-hydroxylation sites is 1. The zero-order valence-corrected chi connectivity index (χ0v) is 11.9. The first kappa shape index (κ1) is 13.0. The maximum Gasteiger partial charge on any atom is 0.202 e. The molecule has 20 heavy (non-hydrogen) atoms. The minimum Gasteiger partial charge on any atom is -0.485 e. The van der Waals surface area contributed by atoms with Gasteiger partial charge in [-0.15, -0.1) is 0 Å². The van der Waals surface area contributed by atoms with Gasteiger partial charge in [0.15, 0.2) is 6.61 Å². The monoisotopic (exact) mass is 269 g/mol. The highest BCUT2D eigenvalue weighted by Crippen LogP contribution is 2.38. The molecular formula is C17H19NO2. The summed E-state index contributed by atoms with van der Waals surface area (Å²) in [4.78, 5) is 12.3. The number of benzene rings is 1. The van der Waals surface area contributed by atoms with Crippen molar-refractivity contribution in [3.8, 4) is 5.75 Å². The predicted molar refractivity (Wildman–Crippen MR) is 78.4 cm³/mol. The third kappa shape index (κ3) is 2.48. The summed E-state index contributed by atoms with van der Waals surface area (Å²) in [7, 11) is 0. The molecule has 0 unspecified atom stereocenters. The highest BCUT2D eigenvalue weighted by atomic mass is 16.5. The lowest BCUT2D eigenvalue weighted by molar-refractivity contribution is 0.0921.